The Labute approximate surface area is 79.6 Å². The van der Waals surface area contributed by atoms with Gasteiger partial charge in [-0.25, -0.2) is 9.78 Å². The fourth-order valence-electron chi connectivity index (χ4n) is 0.941. The number of nitrogens with zero attached hydrogens (tertiary/aromatic N) is 2. The lowest BCUT2D eigenvalue weighted by molar-refractivity contribution is 0.0683. The van der Waals surface area contributed by atoms with Crippen LogP contribution in [0.1, 0.15) is 10.6 Å². The highest BCUT2D eigenvalue weighted by molar-refractivity contribution is 9.10. The van der Waals surface area contributed by atoms with Crippen LogP contribution >= 0.6 is 27.3 Å². The zero-order valence-corrected chi connectivity index (χ0v) is 8.09. The molecule has 0 radical (unpaired) electrons. The summed E-state index contributed by atoms with van der Waals surface area (Å²) < 4.78 is 2.12. The minimum atomic E-state index is -1.02. The highest BCUT2D eigenvalue weighted by Gasteiger charge is 2.15. The lowest BCUT2D eigenvalue weighted by Gasteiger charge is -1.86. The molecule has 0 fully saturated rings. The van der Waals surface area contributed by atoms with Crippen molar-refractivity contribution in [3.63, 3.8) is 0 Å². The van der Waals surface area contributed by atoms with Crippen molar-refractivity contribution in [3.8, 4) is 0 Å². The molecule has 2 rings (SSSR count). The molecule has 6 heteroatoms. The predicted molar refractivity (Wildman–Crippen MR) is 47.7 cm³/mol. The first-order valence-electron chi connectivity index (χ1n) is 3.04. The number of carboxylic acid groups (broad SMARTS) is 1. The normalized spacial score (nSPS) is 10.8. The first-order valence-corrected chi connectivity index (χ1v) is 4.72. The number of carboxylic acids is 1. The van der Waals surface area contributed by atoms with Crippen molar-refractivity contribution in [1.82, 2.24) is 9.38 Å². The monoisotopic (exact) mass is 246 g/mol. The van der Waals surface area contributed by atoms with Crippen LogP contribution in [0.4, 0.5) is 0 Å². The quantitative estimate of drug-likeness (QED) is 0.836. The van der Waals surface area contributed by atoms with Crippen LogP contribution in [-0.2, 0) is 0 Å². The van der Waals surface area contributed by atoms with Gasteiger partial charge >= 0.3 is 5.97 Å². The highest BCUT2D eigenvalue weighted by atomic mass is 79.9. The second-order valence-corrected chi connectivity index (χ2v) is 3.76. The largest absolute Gasteiger partial charge is 0.475 e. The topological polar surface area (TPSA) is 54.6 Å². The van der Waals surface area contributed by atoms with Gasteiger partial charge in [-0.2, -0.15) is 0 Å². The van der Waals surface area contributed by atoms with Crippen molar-refractivity contribution in [3.05, 3.63) is 22.0 Å². The van der Waals surface area contributed by atoms with E-state index in [4.69, 9.17) is 5.11 Å². The van der Waals surface area contributed by atoms with E-state index in [-0.39, 0.29) is 5.82 Å². The molecule has 0 bridgehead atoms. The van der Waals surface area contributed by atoms with Crippen molar-refractivity contribution in [2.75, 3.05) is 0 Å². The molecule has 2 aromatic rings. The molecule has 0 unspecified atom stereocenters. The lowest BCUT2D eigenvalue weighted by Crippen LogP contribution is -2.01. The van der Waals surface area contributed by atoms with Crippen molar-refractivity contribution in [2.45, 2.75) is 0 Å². The van der Waals surface area contributed by atoms with Crippen molar-refractivity contribution in [2.24, 2.45) is 0 Å². The number of thiazole rings is 1. The van der Waals surface area contributed by atoms with E-state index in [0.29, 0.717) is 4.60 Å². The summed E-state index contributed by atoms with van der Waals surface area (Å²) in [6.45, 7) is 0. The van der Waals surface area contributed by atoms with Gasteiger partial charge in [0.1, 0.15) is 9.43 Å². The Morgan fingerprint density at radius 2 is 2.50 bits per heavy atom. The van der Waals surface area contributed by atoms with E-state index >= 15 is 0 Å². The van der Waals surface area contributed by atoms with E-state index in [1.807, 2.05) is 5.38 Å². The van der Waals surface area contributed by atoms with E-state index in [0.717, 1.165) is 4.83 Å². The zero-order valence-electron chi connectivity index (χ0n) is 5.69. The van der Waals surface area contributed by atoms with Crippen molar-refractivity contribution < 1.29 is 9.90 Å². The molecule has 12 heavy (non-hydrogen) atoms. The minimum Gasteiger partial charge on any atom is -0.475 e. The summed E-state index contributed by atoms with van der Waals surface area (Å²) in [5.41, 5.74) is 0. The Bertz CT molecular complexity index is 447. The molecular weight excluding hydrogens is 244 g/mol. The van der Waals surface area contributed by atoms with E-state index in [9.17, 15) is 4.79 Å². The molecule has 0 aliphatic rings. The molecule has 4 nitrogen and oxygen atoms in total. The Hall–Kier alpha value is -0.880. The van der Waals surface area contributed by atoms with Gasteiger partial charge in [0.15, 0.2) is 0 Å². The third-order valence-corrected chi connectivity index (χ3v) is 3.09. The summed E-state index contributed by atoms with van der Waals surface area (Å²) in [5, 5.41) is 10.5. The fraction of sp³-hybridized carbons (Fsp3) is 0. The van der Waals surface area contributed by atoms with Gasteiger partial charge in [0.25, 0.3) is 0 Å². The zero-order chi connectivity index (χ0) is 8.72. The number of rotatable bonds is 1. The number of carbonyl (C=O) groups is 1. The molecular formula is C6H3BrN2O2S. The number of fused-ring (bicyclic) bond motifs is 1. The molecule has 0 aromatic carbocycles. The van der Waals surface area contributed by atoms with Gasteiger partial charge in [-0.3, -0.25) is 4.40 Å². The first kappa shape index (κ1) is 7.75. The van der Waals surface area contributed by atoms with Gasteiger partial charge in [-0.1, -0.05) is 0 Å². The van der Waals surface area contributed by atoms with E-state index in [1.165, 1.54) is 15.7 Å². The second-order valence-electron chi connectivity index (χ2n) is 2.11. The molecule has 0 spiro atoms. The molecule has 0 saturated heterocycles. The maximum atomic E-state index is 10.6. The van der Waals surface area contributed by atoms with Crippen LogP contribution in [0.5, 0.6) is 0 Å². The van der Waals surface area contributed by atoms with E-state index < -0.39 is 5.97 Å². The summed E-state index contributed by atoms with van der Waals surface area (Å²) in [6.07, 6.45) is 1.68. The fourth-order valence-corrected chi connectivity index (χ4v) is 2.30. The van der Waals surface area contributed by atoms with Crippen LogP contribution in [0.25, 0.3) is 4.83 Å². The number of halogens is 1. The number of hydrogen-bond acceptors (Lipinski definition) is 3. The maximum Gasteiger partial charge on any atom is 0.372 e. The second kappa shape index (κ2) is 2.56. The lowest BCUT2D eigenvalue weighted by atomic mass is 10.6. The minimum absolute atomic E-state index is 0.0399. The number of aromatic nitrogens is 2. The van der Waals surface area contributed by atoms with Crippen LogP contribution < -0.4 is 0 Å². The van der Waals surface area contributed by atoms with Crippen LogP contribution in [0.2, 0.25) is 0 Å². The summed E-state index contributed by atoms with van der Waals surface area (Å²) in [6, 6.07) is 0. The number of hydrogen-bond donors (Lipinski definition) is 1. The summed E-state index contributed by atoms with van der Waals surface area (Å²) in [7, 11) is 0. The molecule has 2 heterocycles. The number of aromatic carboxylic acids is 1. The number of imidazole rings is 1. The van der Waals surface area contributed by atoms with Gasteiger partial charge in [-0.15, -0.1) is 11.3 Å². The van der Waals surface area contributed by atoms with Crippen LogP contribution in [0, 0.1) is 0 Å². The molecule has 1 N–H and O–H groups in total. The molecule has 0 aliphatic carbocycles. The smallest absolute Gasteiger partial charge is 0.372 e. The van der Waals surface area contributed by atoms with Gasteiger partial charge in [-0.05, 0) is 15.9 Å². The standard InChI is InChI=1S/C6H3BrN2O2S/c7-3-5-9(1-2-12-5)4(8-3)6(10)11/h1-2H,(H,10,11). The van der Waals surface area contributed by atoms with Crippen molar-refractivity contribution >= 4 is 38.1 Å². The SMILES string of the molecule is O=C(O)c1nc(Br)c2sccn12. The maximum absolute atomic E-state index is 10.6. The average molecular weight is 247 g/mol. The van der Waals surface area contributed by atoms with Gasteiger partial charge < -0.3 is 5.11 Å². The van der Waals surface area contributed by atoms with Crippen LogP contribution in [0.15, 0.2) is 16.2 Å². The van der Waals surface area contributed by atoms with Crippen molar-refractivity contribution in [1.29, 1.82) is 0 Å². The van der Waals surface area contributed by atoms with Gasteiger partial charge in [0, 0.05) is 11.6 Å². The van der Waals surface area contributed by atoms with Crippen LogP contribution in [-0.4, -0.2) is 20.5 Å². The summed E-state index contributed by atoms with van der Waals surface area (Å²) in [5.74, 6) is -0.979. The average Bonchev–Trinajstić information content (AvgIpc) is 2.53. The van der Waals surface area contributed by atoms with Crippen LogP contribution in [0.3, 0.4) is 0 Å². The Morgan fingerprint density at radius 1 is 1.75 bits per heavy atom. The van der Waals surface area contributed by atoms with Gasteiger partial charge in [0.2, 0.25) is 5.82 Å². The molecule has 2 aromatic heterocycles. The predicted octanol–water partition coefficient (Wildman–Crippen LogP) is 1.86. The van der Waals surface area contributed by atoms with E-state index in [2.05, 4.69) is 20.9 Å². The Kier molecular flexibility index (Phi) is 1.66. The first-order chi connectivity index (χ1) is 5.70. The summed E-state index contributed by atoms with van der Waals surface area (Å²) in [4.78, 5) is 15.3. The van der Waals surface area contributed by atoms with Gasteiger partial charge in [0.05, 0.1) is 0 Å². The third kappa shape index (κ3) is 0.953. The molecule has 0 atom stereocenters. The molecule has 62 valence electrons. The van der Waals surface area contributed by atoms with E-state index in [1.54, 1.807) is 6.20 Å². The molecule has 0 aliphatic heterocycles. The highest BCUT2D eigenvalue weighted by Crippen LogP contribution is 2.23. The molecule has 0 amide bonds. The summed E-state index contributed by atoms with van der Waals surface area (Å²) >= 11 is 4.62. The third-order valence-electron chi connectivity index (χ3n) is 1.41. The molecule has 0 saturated carbocycles. The Morgan fingerprint density at radius 3 is 3.17 bits per heavy atom. The Balaban J connectivity index is 2.83.